The van der Waals surface area contributed by atoms with E-state index in [1.54, 1.807) is 31.1 Å². The van der Waals surface area contributed by atoms with Gasteiger partial charge in [-0.25, -0.2) is 26.4 Å². The quantitative estimate of drug-likeness (QED) is 0.562. The minimum absolute atomic E-state index is 0.122. The Morgan fingerprint density at radius 2 is 1.74 bits per heavy atom. The third-order valence-electron chi connectivity index (χ3n) is 5.62. The maximum absolute atomic E-state index is 13.1. The van der Waals surface area contributed by atoms with E-state index in [9.17, 15) is 21.6 Å². The Morgan fingerprint density at radius 1 is 1.09 bits per heavy atom. The molecule has 1 fully saturated rings. The van der Waals surface area contributed by atoms with Gasteiger partial charge in [0.1, 0.15) is 0 Å². The molecule has 0 aromatic heterocycles. The summed E-state index contributed by atoms with van der Waals surface area (Å²) in [5.41, 5.74) is 1.53. The van der Waals surface area contributed by atoms with Gasteiger partial charge < -0.3 is 4.90 Å². The zero-order valence-corrected chi connectivity index (χ0v) is 20.9. The van der Waals surface area contributed by atoms with Crippen molar-refractivity contribution in [1.82, 2.24) is 13.9 Å². The maximum Gasteiger partial charge on any atom is 0.324 e. The number of carbonyl (C=O) groups is 1. The van der Waals surface area contributed by atoms with Gasteiger partial charge in [-0.05, 0) is 42.2 Å². The van der Waals surface area contributed by atoms with Crippen LogP contribution >= 0.6 is 0 Å². The lowest BCUT2D eigenvalue weighted by Crippen LogP contribution is -2.39. The molecule has 2 aromatic carbocycles. The fraction of sp³-hybridized carbons (Fsp3) is 0.348. The minimum Gasteiger partial charge on any atom is -0.330 e. The van der Waals surface area contributed by atoms with E-state index in [0.717, 1.165) is 11.0 Å². The smallest absolute Gasteiger partial charge is 0.324 e. The van der Waals surface area contributed by atoms with Gasteiger partial charge in [0.05, 0.1) is 11.4 Å². The average Bonchev–Trinajstić information content (AvgIpc) is 3.32. The van der Waals surface area contributed by atoms with Crippen LogP contribution in [0.1, 0.15) is 12.0 Å². The molecule has 2 aromatic rings. The topological polar surface area (TPSA) is 107 Å². The summed E-state index contributed by atoms with van der Waals surface area (Å²) in [7, 11) is -3.97. The summed E-state index contributed by atoms with van der Waals surface area (Å²) in [4.78, 5) is 16.0. The van der Waals surface area contributed by atoms with E-state index in [-0.39, 0.29) is 29.9 Å². The summed E-state index contributed by atoms with van der Waals surface area (Å²) < 4.78 is 53.2. The van der Waals surface area contributed by atoms with Crippen molar-refractivity contribution in [3.05, 3.63) is 72.1 Å². The summed E-state index contributed by atoms with van der Waals surface area (Å²) in [6.07, 6.45) is 0.555. The highest BCUT2D eigenvalue weighted by molar-refractivity contribution is 7.92. The zero-order valence-electron chi connectivity index (χ0n) is 19.3. The predicted molar refractivity (Wildman–Crippen MR) is 132 cm³/mol. The second kappa shape index (κ2) is 10.7. The SMILES string of the molecule is C=CS(=O)(=O)NC[C@H]1CCN(S(=O)(=O)c2ccc(N(Cc3ccccc3)C(=O)N(C)C)cc2)C1. The van der Waals surface area contributed by atoms with Crippen molar-refractivity contribution in [2.45, 2.75) is 17.9 Å². The van der Waals surface area contributed by atoms with Gasteiger partial charge in [-0.15, -0.1) is 0 Å². The molecule has 1 aliphatic rings. The standard InChI is InChI=1S/C23H30N4O5S2/c1-4-33(29,30)24-16-20-14-15-26(17-20)34(31,32)22-12-10-21(11-13-22)27(23(28)25(2)3)18-19-8-6-5-7-9-19/h4-13,20,24H,1,14-18H2,2-3H3/t20-/m1/s1. The summed E-state index contributed by atoms with van der Waals surface area (Å²) >= 11 is 0. The number of amides is 2. The first-order chi connectivity index (χ1) is 16.0. The largest absolute Gasteiger partial charge is 0.330 e. The molecule has 1 N–H and O–H groups in total. The van der Waals surface area contributed by atoms with Gasteiger partial charge in [-0.3, -0.25) is 4.90 Å². The number of hydrogen-bond acceptors (Lipinski definition) is 5. The molecule has 1 aliphatic heterocycles. The first kappa shape index (κ1) is 25.9. The van der Waals surface area contributed by atoms with Crippen LogP contribution in [0, 0.1) is 5.92 Å². The zero-order chi connectivity index (χ0) is 24.9. The summed E-state index contributed by atoms with van der Waals surface area (Å²) in [5, 5.41) is 0.833. The molecule has 34 heavy (non-hydrogen) atoms. The molecule has 1 saturated heterocycles. The third-order valence-corrected chi connectivity index (χ3v) is 8.51. The Kier molecular flexibility index (Phi) is 8.13. The highest BCUT2D eigenvalue weighted by Crippen LogP contribution is 2.27. The molecular weight excluding hydrogens is 476 g/mol. The second-order valence-electron chi connectivity index (χ2n) is 8.32. The normalized spacial score (nSPS) is 16.8. The van der Waals surface area contributed by atoms with Gasteiger partial charge in [0.25, 0.3) is 0 Å². The Morgan fingerprint density at radius 3 is 2.32 bits per heavy atom. The molecule has 0 bridgehead atoms. The molecule has 9 nitrogen and oxygen atoms in total. The van der Waals surface area contributed by atoms with E-state index in [4.69, 9.17) is 0 Å². The number of sulfonamides is 2. The van der Waals surface area contributed by atoms with Crippen LogP contribution in [0.15, 0.2) is 71.5 Å². The number of urea groups is 1. The Hall–Kier alpha value is -2.73. The van der Waals surface area contributed by atoms with Crippen molar-refractivity contribution < 1.29 is 21.6 Å². The van der Waals surface area contributed by atoms with Gasteiger partial charge in [-0.2, -0.15) is 4.31 Å². The molecule has 184 valence electrons. The van der Waals surface area contributed by atoms with Gasteiger partial charge in [-0.1, -0.05) is 36.9 Å². The molecule has 1 heterocycles. The van der Waals surface area contributed by atoms with Gasteiger partial charge in [0, 0.05) is 44.8 Å². The maximum atomic E-state index is 13.1. The molecule has 1 atom stereocenters. The Labute approximate surface area is 201 Å². The van der Waals surface area contributed by atoms with Crippen LogP contribution in [-0.2, 0) is 26.6 Å². The van der Waals surface area contributed by atoms with E-state index >= 15 is 0 Å². The van der Waals surface area contributed by atoms with E-state index in [0.29, 0.717) is 25.2 Å². The number of nitrogens with zero attached hydrogens (tertiary/aromatic N) is 3. The molecule has 3 rings (SSSR count). The summed E-state index contributed by atoms with van der Waals surface area (Å²) in [6.45, 7) is 4.28. The fourth-order valence-corrected chi connectivity index (χ4v) is 5.82. The van der Waals surface area contributed by atoms with Crippen LogP contribution in [0.3, 0.4) is 0 Å². The predicted octanol–water partition coefficient (Wildman–Crippen LogP) is 2.45. The minimum atomic E-state index is -3.75. The van der Waals surface area contributed by atoms with Crippen LogP contribution in [0.2, 0.25) is 0 Å². The highest BCUT2D eigenvalue weighted by Gasteiger charge is 2.33. The molecule has 0 saturated carbocycles. The van der Waals surface area contributed by atoms with Crippen molar-refractivity contribution in [2.75, 3.05) is 38.6 Å². The number of nitrogens with one attached hydrogen (secondary N) is 1. The number of rotatable bonds is 9. The monoisotopic (exact) mass is 506 g/mol. The first-order valence-corrected chi connectivity index (χ1v) is 13.8. The molecule has 0 aliphatic carbocycles. The lowest BCUT2D eigenvalue weighted by molar-refractivity contribution is 0.223. The van der Waals surface area contributed by atoms with E-state index in [2.05, 4.69) is 11.3 Å². The van der Waals surface area contributed by atoms with Gasteiger partial charge >= 0.3 is 6.03 Å². The first-order valence-electron chi connectivity index (χ1n) is 10.8. The fourth-order valence-electron chi connectivity index (χ4n) is 3.70. The molecule has 2 amide bonds. The lowest BCUT2D eigenvalue weighted by atomic mass is 10.1. The van der Waals surface area contributed by atoms with Crippen molar-refractivity contribution >= 4 is 31.8 Å². The summed E-state index contributed by atoms with van der Waals surface area (Å²) in [6, 6.07) is 15.6. The van der Waals surface area contributed by atoms with Gasteiger partial charge in [0.15, 0.2) is 0 Å². The van der Waals surface area contributed by atoms with E-state index in [1.165, 1.54) is 21.3 Å². The Balaban J connectivity index is 1.75. The lowest BCUT2D eigenvalue weighted by Gasteiger charge is -2.26. The number of benzene rings is 2. The molecule has 11 heteroatoms. The van der Waals surface area contributed by atoms with Crippen LogP contribution in [-0.4, -0.2) is 65.8 Å². The van der Waals surface area contributed by atoms with Crippen molar-refractivity contribution in [3.63, 3.8) is 0 Å². The van der Waals surface area contributed by atoms with Crippen molar-refractivity contribution in [3.8, 4) is 0 Å². The number of hydrogen-bond donors (Lipinski definition) is 1. The van der Waals surface area contributed by atoms with Crippen molar-refractivity contribution in [1.29, 1.82) is 0 Å². The third kappa shape index (κ3) is 6.23. The average molecular weight is 507 g/mol. The van der Waals surface area contributed by atoms with Crippen LogP contribution < -0.4 is 9.62 Å². The highest BCUT2D eigenvalue weighted by atomic mass is 32.2. The Bertz CT molecular complexity index is 1210. The van der Waals surface area contributed by atoms with Crippen LogP contribution in [0.5, 0.6) is 0 Å². The van der Waals surface area contributed by atoms with Crippen LogP contribution in [0.25, 0.3) is 0 Å². The number of anilines is 1. The molecule has 0 unspecified atom stereocenters. The number of carbonyl (C=O) groups excluding carboxylic acids is 1. The molecular formula is C23H30N4O5S2. The van der Waals surface area contributed by atoms with E-state index in [1.807, 2.05) is 30.3 Å². The van der Waals surface area contributed by atoms with Crippen LogP contribution in [0.4, 0.5) is 10.5 Å². The molecule has 0 radical (unpaired) electrons. The molecule has 0 spiro atoms. The summed E-state index contributed by atoms with van der Waals surface area (Å²) in [5.74, 6) is -0.122. The van der Waals surface area contributed by atoms with E-state index < -0.39 is 20.0 Å². The van der Waals surface area contributed by atoms with Crippen molar-refractivity contribution in [2.24, 2.45) is 5.92 Å². The second-order valence-corrected chi connectivity index (χ2v) is 12.0. The van der Waals surface area contributed by atoms with Gasteiger partial charge in [0.2, 0.25) is 20.0 Å².